The average molecular weight is 198 g/mol. The van der Waals surface area contributed by atoms with Crippen LogP contribution in [0.2, 0.25) is 0 Å². The third kappa shape index (κ3) is 2.61. The Balaban J connectivity index is 2.08. The Bertz CT molecular complexity index is 402. The van der Waals surface area contributed by atoms with Crippen LogP contribution < -0.4 is 10.1 Å². The number of rotatable bonds is 3. The summed E-state index contributed by atoms with van der Waals surface area (Å²) in [5, 5.41) is 9.75. The van der Waals surface area contributed by atoms with Gasteiger partial charge in [-0.1, -0.05) is 48.5 Å². The number of benzene rings is 2. The molecule has 0 heterocycles. The molecule has 0 radical (unpaired) electrons. The number of hydrogen-bond donors (Lipinski definition) is 1. The Morgan fingerprint density at radius 3 is 1.93 bits per heavy atom. The Labute approximate surface area is 89.3 Å². The second kappa shape index (κ2) is 4.67. The lowest BCUT2D eigenvalue weighted by Gasteiger charge is -2.09. The molecule has 0 spiro atoms. The number of hydrogen-bond acceptors (Lipinski definition) is 2. The van der Waals surface area contributed by atoms with E-state index in [1.807, 2.05) is 60.7 Å². The molecule has 74 valence electrons. The maximum atomic E-state index is 9.75. The summed E-state index contributed by atoms with van der Waals surface area (Å²) in [4.78, 5) is 0. The van der Waals surface area contributed by atoms with E-state index >= 15 is 0 Å². The molecule has 0 aliphatic heterocycles. The zero-order chi connectivity index (χ0) is 10.5. The molecular formula is C12H11BO2. The van der Waals surface area contributed by atoms with Gasteiger partial charge in [0.15, 0.2) is 0 Å². The molecule has 0 aliphatic rings. The molecule has 0 saturated carbocycles. The van der Waals surface area contributed by atoms with Crippen molar-refractivity contribution in [2.75, 3.05) is 0 Å². The quantitative estimate of drug-likeness (QED) is 0.756. The molecular weight excluding hydrogens is 187 g/mol. The maximum absolute atomic E-state index is 9.75. The summed E-state index contributed by atoms with van der Waals surface area (Å²) in [5.41, 5.74) is 0.751. The minimum Gasteiger partial charge on any atom is -0.532 e. The van der Waals surface area contributed by atoms with Gasteiger partial charge in [-0.15, -0.1) is 0 Å². The Kier molecular flexibility index (Phi) is 3.05. The van der Waals surface area contributed by atoms with E-state index in [2.05, 4.69) is 0 Å². The van der Waals surface area contributed by atoms with Gasteiger partial charge in [0.1, 0.15) is 5.75 Å². The summed E-state index contributed by atoms with van der Waals surface area (Å²) < 4.78 is 5.36. The van der Waals surface area contributed by atoms with Crippen LogP contribution in [0.15, 0.2) is 60.7 Å². The van der Waals surface area contributed by atoms with E-state index in [4.69, 9.17) is 4.65 Å². The zero-order valence-electron chi connectivity index (χ0n) is 8.21. The first-order valence-corrected chi connectivity index (χ1v) is 4.81. The van der Waals surface area contributed by atoms with Crippen LogP contribution in [0, 0.1) is 0 Å². The van der Waals surface area contributed by atoms with Gasteiger partial charge < -0.3 is 9.68 Å². The fourth-order valence-corrected chi connectivity index (χ4v) is 1.31. The molecule has 1 N–H and O–H groups in total. The molecule has 0 unspecified atom stereocenters. The second-order valence-corrected chi connectivity index (χ2v) is 3.19. The van der Waals surface area contributed by atoms with E-state index in [0.717, 1.165) is 5.46 Å². The van der Waals surface area contributed by atoms with Crippen molar-refractivity contribution < 1.29 is 9.68 Å². The Morgan fingerprint density at radius 2 is 1.33 bits per heavy atom. The lowest BCUT2D eigenvalue weighted by molar-refractivity contribution is 0.432. The molecule has 2 rings (SSSR count). The third-order valence-electron chi connectivity index (χ3n) is 2.08. The van der Waals surface area contributed by atoms with Crippen molar-refractivity contribution in [3.05, 3.63) is 60.7 Å². The van der Waals surface area contributed by atoms with Crippen molar-refractivity contribution in [2.45, 2.75) is 0 Å². The summed E-state index contributed by atoms with van der Waals surface area (Å²) in [6.45, 7) is 0. The summed E-state index contributed by atoms with van der Waals surface area (Å²) in [5.74, 6) is 0.661. The third-order valence-corrected chi connectivity index (χ3v) is 2.08. The molecule has 3 heteroatoms. The van der Waals surface area contributed by atoms with Crippen molar-refractivity contribution >= 4 is 12.6 Å². The highest BCUT2D eigenvalue weighted by Gasteiger charge is 2.17. The molecule has 0 amide bonds. The van der Waals surface area contributed by atoms with Crippen LogP contribution in [0.4, 0.5) is 0 Å². The van der Waals surface area contributed by atoms with Crippen LogP contribution in [0.1, 0.15) is 0 Å². The molecule has 2 nitrogen and oxygen atoms in total. The fourth-order valence-electron chi connectivity index (χ4n) is 1.31. The monoisotopic (exact) mass is 198 g/mol. The minimum atomic E-state index is -0.909. The van der Waals surface area contributed by atoms with Gasteiger partial charge in [0.2, 0.25) is 0 Å². The van der Waals surface area contributed by atoms with Crippen molar-refractivity contribution in [1.29, 1.82) is 0 Å². The van der Waals surface area contributed by atoms with Crippen LogP contribution in [0.3, 0.4) is 0 Å². The van der Waals surface area contributed by atoms with Crippen molar-refractivity contribution in [1.82, 2.24) is 0 Å². The molecule has 15 heavy (non-hydrogen) atoms. The van der Waals surface area contributed by atoms with E-state index in [9.17, 15) is 5.02 Å². The van der Waals surface area contributed by atoms with E-state index in [1.165, 1.54) is 0 Å². The predicted molar refractivity (Wildman–Crippen MR) is 61.1 cm³/mol. The lowest BCUT2D eigenvalue weighted by Crippen LogP contribution is -2.36. The van der Waals surface area contributed by atoms with Crippen molar-refractivity contribution in [3.63, 3.8) is 0 Å². The topological polar surface area (TPSA) is 29.5 Å². The Morgan fingerprint density at radius 1 is 0.800 bits per heavy atom. The van der Waals surface area contributed by atoms with Crippen LogP contribution in [0.5, 0.6) is 5.75 Å². The molecule has 0 bridgehead atoms. The molecule has 0 aromatic heterocycles. The van der Waals surface area contributed by atoms with Gasteiger partial charge in [0.25, 0.3) is 0 Å². The molecule has 0 atom stereocenters. The summed E-state index contributed by atoms with van der Waals surface area (Å²) in [6.07, 6.45) is 0. The van der Waals surface area contributed by atoms with Gasteiger partial charge in [0.05, 0.1) is 0 Å². The fraction of sp³-hybridized carbons (Fsp3) is 0. The van der Waals surface area contributed by atoms with E-state index in [0.29, 0.717) is 5.75 Å². The SMILES string of the molecule is OB(Oc1ccccc1)c1ccccc1. The van der Waals surface area contributed by atoms with Gasteiger partial charge >= 0.3 is 7.12 Å². The van der Waals surface area contributed by atoms with Gasteiger partial charge in [-0.25, -0.2) is 0 Å². The lowest BCUT2D eigenvalue weighted by atomic mass is 9.79. The standard InChI is InChI=1S/C12H11BO2/c14-13(11-7-3-1-4-8-11)15-12-9-5-2-6-10-12/h1-10,14H. The van der Waals surface area contributed by atoms with Crippen molar-refractivity contribution in [2.24, 2.45) is 0 Å². The molecule has 0 fully saturated rings. The van der Waals surface area contributed by atoms with Crippen LogP contribution in [-0.4, -0.2) is 12.1 Å². The summed E-state index contributed by atoms with van der Waals surface area (Å²) in [6, 6.07) is 18.6. The molecule has 2 aromatic rings. The van der Waals surface area contributed by atoms with E-state index < -0.39 is 7.12 Å². The number of para-hydroxylation sites is 1. The second-order valence-electron chi connectivity index (χ2n) is 3.19. The molecule has 0 aliphatic carbocycles. The van der Waals surface area contributed by atoms with Crippen LogP contribution in [-0.2, 0) is 0 Å². The van der Waals surface area contributed by atoms with Gasteiger partial charge in [-0.3, -0.25) is 0 Å². The minimum absolute atomic E-state index is 0.661. The first-order chi connectivity index (χ1) is 7.36. The van der Waals surface area contributed by atoms with Gasteiger partial charge in [-0.2, -0.15) is 0 Å². The average Bonchev–Trinajstić information content (AvgIpc) is 2.31. The van der Waals surface area contributed by atoms with E-state index in [1.54, 1.807) is 0 Å². The zero-order valence-corrected chi connectivity index (χ0v) is 8.21. The van der Waals surface area contributed by atoms with Gasteiger partial charge in [0, 0.05) is 0 Å². The van der Waals surface area contributed by atoms with Crippen molar-refractivity contribution in [3.8, 4) is 5.75 Å². The largest absolute Gasteiger partial charge is 0.560 e. The van der Waals surface area contributed by atoms with Crippen LogP contribution >= 0.6 is 0 Å². The first kappa shape index (κ1) is 9.81. The smallest absolute Gasteiger partial charge is 0.532 e. The highest BCUT2D eigenvalue weighted by atomic mass is 16.5. The predicted octanol–water partition coefficient (Wildman–Crippen LogP) is 1.45. The summed E-state index contributed by atoms with van der Waals surface area (Å²) >= 11 is 0. The van der Waals surface area contributed by atoms with Gasteiger partial charge in [-0.05, 0) is 17.6 Å². The maximum Gasteiger partial charge on any atom is 0.560 e. The Hall–Kier alpha value is -1.74. The van der Waals surface area contributed by atoms with E-state index in [-0.39, 0.29) is 0 Å². The normalized spacial score (nSPS) is 9.67. The first-order valence-electron chi connectivity index (χ1n) is 4.81. The highest BCUT2D eigenvalue weighted by Crippen LogP contribution is 2.08. The van der Waals surface area contributed by atoms with Crippen LogP contribution in [0.25, 0.3) is 0 Å². The summed E-state index contributed by atoms with van der Waals surface area (Å²) in [7, 11) is -0.909. The molecule has 0 saturated heterocycles. The highest BCUT2D eigenvalue weighted by molar-refractivity contribution is 6.60. The molecule has 2 aromatic carbocycles.